The maximum absolute atomic E-state index is 9.90. The molecule has 1 aliphatic heterocycles. The Hall–Kier alpha value is -0.160. The Bertz CT molecular complexity index is 168. The van der Waals surface area contributed by atoms with Crippen molar-refractivity contribution in [2.24, 2.45) is 0 Å². The van der Waals surface area contributed by atoms with Crippen LogP contribution in [0.3, 0.4) is 0 Å². The molecular weight excluding hydrogens is 204 g/mol. The van der Waals surface area contributed by atoms with Gasteiger partial charge in [0.1, 0.15) is 0 Å². The molecule has 96 valence electrons. The second-order valence-electron chi connectivity index (χ2n) is 4.49. The first-order valence-electron chi connectivity index (χ1n) is 6.47. The summed E-state index contributed by atoms with van der Waals surface area (Å²) in [5.74, 6) is 0. The number of β-amino-alcohol motifs (C(OH)–C–C–N with tert-alkyl or cyclic N) is 1. The zero-order valence-electron chi connectivity index (χ0n) is 10.6. The molecule has 4 nitrogen and oxygen atoms in total. The van der Waals surface area contributed by atoms with Gasteiger partial charge in [-0.05, 0) is 12.8 Å². The van der Waals surface area contributed by atoms with E-state index in [9.17, 15) is 5.11 Å². The molecule has 0 saturated carbocycles. The molecule has 1 rings (SSSR count). The smallest absolute Gasteiger partial charge is 0.0791 e. The lowest BCUT2D eigenvalue weighted by atomic mass is 10.1. The molecule has 0 aromatic rings. The fourth-order valence-electron chi connectivity index (χ4n) is 2.03. The van der Waals surface area contributed by atoms with E-state index >= 15 is 0 Å². The van der Waals surface area contributed by atoms with Crippen molar-refractivity contribution in [1.82, 2.24) is 10.2 Å². The molecule has 0 bridgehead atoms. The molecule has 0 aromatic heterocycles. The molecule has 1 unspecified atom stereocenters. The summed E-state index contributed by atoms with van der Waals surface area (Å²) < 4.78 is 5.28. The first kappa shape index (κ1) is 13.9. The van der Waals surface area contributed by atoms with Crippen molar-refractivity contribution in [3.63, 3.8) is 0 Å². The molecule has 1 atom stereocenters. The monoisotopic (exact) mass is 230 g/mol. The van der Waals surface area contributed by atoms with Crippen LogP contribution in [0.15, 0.2) is 0 Å². The van der Waals surface area contributed by atoms with Crippen molar-refractivity contribution in [3.8, 4) is 0 Å². The predicted molar refractivity (Wildman–Crippen MR) is 65.6 cm³/mol. The summed E-state index contributed by atoms with van der Waals surface area (Å²) in [5, 5.41) is 13.3. The van der Waals surface area contributed by atoms with E-state index in [1.54, 1.807) is 0 Å². The number of hydrogen-bond acceptors (Lipinski definition) is 4. The van der Waals surface area contributed by atoms with Gasteiger partial charge >= 0.3 is 0 Å². The minimum Gasteiger partial charge on any atom is -0.390 e. The van der Waals surface area contributed by atoms with Gasteiger partial charge in [0, 0.05) is 32.2 Å². The lowest BCUT2D eigenvalue weighted by Gasteiger charge is -2.29. The van der Waals surface area contributed by atoms with Crippen molar-refractivity contribution in [2.45, 2.75) is 38.8 Å². The highest BCUT2D eigenvalue weighted by atomic mass is 16.5. The third-order valence-electron chi connectivity index (χ3n) is 3.20. The van der Waals surface area contributed by atoms with Gasteiger partial charge in [0.05, 0.1) is 19.3 Å². The molecular formula is C12H26N2O2. The zero-order chi connectivity index (χ0) is 11.8. The van der Waals surface area contributed by atoms with Crippen LogP contribution < -0.4 is 5.32 Å². The van der Waals surface area contributed by atoms with Crippen LogP contribution in [0.1, 0.15) is 26.7 Å². The number of morpholine rings is 1. The van der Waals surface area contributed by atoms with E-state index in [1.165, 1.54) is 0 Å². The van der Waals surface area contributed by atoms with E-state index in [2.05, 4.69) is 24.1 Å². The van der Waals surface area contributed by atoms with E-state index in [0.717, 1.165) is 45.7 Å². The minimum absolute atomic E-state index is 0.265. The Morgan fingerprint density at radius 1 is 1.25 bits per heavy atom. The summed E-state index contributed by atoms with van der Waals surface area (Å²) in [6.45, 7) is 9.30. The summed E-state index contributed by atoms with van der Waals surface area (Å²) in [7, 11) is 0. The number of aliphatic hydroxyl groups is 1. The minimum atomic E-state index is -0.265. The molecule has 1 saturated heterocycles. The SMILES string of the molecule is CCC(CC)NCC(O)CN1CCOCC1. The number of ether oxygens (including phenoxy) is 1. The van der Waals surface area contributed by atoms with Gasteiger partial charge in [-0.1, -0.05) is 13.8 Å². The number of rotatable bonds is 7. The second kappa shape index (κ2) is 8.01. The topological polar surface area (TPSA) is 44.7 Å². The van der Waals surface area contributed by atoms with Gasteiger partial charge in [0.25, 0.3) is 0 Å². The molecule has 1 aliphatic rings. The number of nitrogens with zero attached hydrogens (tertiary/aromatic N) is 1. The Morgan fingerprint density at radius 2 is 1.88 bits per heavy atom. The standard InChI is InChI=1S/C12H26N2O2/c1-3-11(4-2)13-9-12(15)10-14-5-7-16-8-6-14/h11-13,15H,3-10H2,1-2H3. The highest BCUT2D eigenvalue weighted by Crippen LogP contribution is 2.00. The molecule has 0 spiro atoms. The van der Waals surface area contributed by atoms with E-state index < -0.39 is 0 Å². The molecule has 2 N–H and O–H groups in total. The van der Waals surface area contributed by atoms with Crippen molar-refractivity contribution in [3.05, 3.63) is 0 Å². The Morgan fingerprint density at radius 3 is 2.44 bits per heavy atom. The summed E-state index contributed by atoms with van der Waals surface area (Å²) in [5.41, 5.74) is 0. The maximum atomic E-state index is 9.90. The summed E-state index contributed by atoms with van der Waals surface area (Å²) in [4.78, 5) is 2.27. The lowest BCUT2D eigenvalue weighted by molar-refractivity contribution is 0.0144. The lowest BCUT2D eigenvalue weighted by Crippen LogP contribution is -2.45. The fourth-order valence-corrected chi connectivity index (χ4v) is 2.03. The van der Waals surface area contributed by atoms with Gasteiger partial charge in [-0.15, -0.1) is 0 Å². The molecule has 0 amide bonds. The number of aliphatic hydroxyl groups excluding tert-OH is 1. The molecule has 0 aliphatic carbocycles. The fraction of sp³-hybridized carbons (Fsp3) is 1.00. The van der Waals surface area contributed by atoms with Crippen LogP contribution in [0.25, 0.3) is 0 Å². The number of nitrogens with one attached hydrogen (secondary N) is 1. The van der Waals surface area contributed by atoms with Crippen LogP contribution in [0.5, 0.6) is 0 Å². The van der Waals surface area contributed by atoms with Crippen molar-refractivity contribution in [2.75, 3.05) is 39.4 Å². The van der Waals surface area contributed by atoms with Gasteiger partial charge in [-0.25, -0.2) is 0 Å². The van der Waals surface area contributed by atoms with Crippen molar-refractivity contribution < 1.29 is 9.84 Å². The third kappa shape index (κ3) is 5.25. The van der Waals surface area contributed by atoms with Gasteiger partial charge in [0.2, 0.25) is 0 Å². The van der Waals surface area contributed by atoms with Crippen LogP contribution in [0.2, 0.25) is 0 Å². The maximum Gasteiger partial charge on any atom is 0.0791 e. The summed E-state index contributed by atoms with van der Waals surface area (Å²) in [6, 6.07) is 0.541. The molecule has 1 heterocycles. The van der Waals surface area contributed by atoms with Crippen LogP contribution in [-0.2, 0) is 4.74 Å². The zero-order valence-corrected chi connectivity index (χ0v) is 10.6. The van der Waals surface area contributed by atoms with Crippen molar-refractivity contribution >= 4 is 0 Å². The highest BCUT2D eigenvalue weighted by Gasteiger charge is 2.15. The normalized spacial score (nSPS) is 20.2. The van der Waals surface area contributed by atoms with E-state index in [-0.39, 0.29) is 6.10 Å². The Labute approximate surface area is 99.0 Å². The first-order chi connectivity index (χ1) is 7.76. The molecule has 16 heavy (non-hydrogen) atoms. The second-order valence-corrected chi connectivity index (χ2v) is 4.49. The largest absolute Gasteiger partial charge is 0.390 e. The van der Waals surface area contributed by atoms with Gasteiger partial charge in [0.15, 0.2) is 0 Å². The van der Waals surface area contributed by atoms with E-state index in [1.807, 2.05) is 0 Å². The van der Waals surface area contributed by atoms with Crippen molar-refractivity contribution in [1.29, 1.82) is 0 Å². The Kier molecular flexibility index (Phi) is 6.96. The number of hydrogen-bond donors (Lipinski definition) is 2. The van der Waals surface area contributed by atoms with Crippen LogP contribution in [-0.4, -0.2) is 61.5 Å². The van der Waals surface area contributed by atoms with Crippen LogP contribution >= 0.6 is 0 Å². The van der Waals surface area contributed by atoms with Gasteiger partial charge in [-0.2, -0.15) is 0 Å². The third-order valence-corrected chi connectivity index (χ3v) is 3.20. The highest BCUT2D eigenvalue weighted by molar-refractivity contribution is 4.71. The van der Waals surface area contributed by atoms with Crippen LogP contribution in [0, 0.1) is 0 Å². The summed E-state index contributed by atoms with van der Waals surface area (Å²) in [6.07, 6.45) is 1.99. The molecule has 0 radical (unpaired) electrons. The Balaban J connectivity index is 2.11. The quantitative estimate of drug-likeness (QED) is 0.667. The molecule has 0 aromatic carbocycles. The van der Waals surface area contributed by atoms with Crippen LogP contribution in [0.4, 0.5) is 0 Å². The van der Waals surface area contributed by atoms with E-state index in [4.69, 9.17) is 4.74 Å². The average molecular weight is 230 g/mol. The molecule has 4 heteroatoms. The molecule has 1 fully saturated rings. The van der Waals surface area contributed by atoms with Gasteiger partial charge < -0.3 is 15.2 Å². The average Bonchev–Trinajstić information content (AvgIpc) is 2.31. The summed E-state index contributed by atoms with van der Waals surface area (Å²) >= 11 is 0. The predicted octanol–water partition coefficient (Wildman–Crippen LogP) is 0.458. The van der Waals surface area contributed by atoms with E-state index in [0.29, 0.717) is 12.6 Å². The van der Waals surface area contributed by atoms with Gasteiger partial charge in [-0.3, -0.25) is 4.90 Å². The first-order valence-corrected chi connectivity index (χ1v) is 6.47.